The number of carbonyl (C=O) groups excluding carboxylic acids is 2. The van der Waals surface area contributed by atoms with Crippen molar-refractivity contribution in [2.24, 2.45) is 28.6 Å². The van der Waals surface area contributed by atoms with Crippen LogP contribution in [0.3, 0.4) is 0 Å². The summed E-state index contributed by atoms with van der Waals surface area (Å²) in [4.78, 5) is 27.0. The summed E-state index contributed by atoms with van der Waals surface area (Å²) in [6.07, 6.45) is 3.32. The van der Waals surface area contributed by atoms with E-state index in [4.69, 9.17) is 9.47 Å². The molecular weight excluding hydrogens is 553 g/mol. The van der Waals surface area contributed by atoms with E-state index in [2.05, 4.69) is 13.8 Å². The number of hydrogen-bond acceptors (Lipinski definition) is 6. The van der Waals surface area contributed by atoms with Crippen molar-refractivity contribution in [1.29, 1.82) is 0 Å². The molecule has 9 atom stereocenters. The third-order valence-electron chi connectivity index (χ3n) is 10.8. The van der Waals surface area contributed by atoms with Crippen LogP contribution in [-0.4, -0.2) is 46.5 Å². The van der Waals surface area contributed by atoms with Crippen LogP contribution < -0.4 is 0 Å². The molecule has 6 rings (SSSR count). The molecule has 0 aromatic heterocycles. The number of fused-ring (bicyclic) bond motifs is 7. The van der Waals surface area contributed by atoms with E-state index in [0.29, 0.717) is 24.2 Å². The summed E-state index contributed by atoms with van der Waals surface area (Å²) >= 11 is 1.21. The van der Waals surface area contributed by atoms with Crippen molar-refractivity contribution in [2.45, 2.75) is 94.5 Å². The van der Waals surface area contributed by atoms with Gasteiger partial charge in [-0.3, -0.25) is 9.59 Å². The zero-order valence-corrected chi connectivity index (χ0v) is 24.4. The highest BCUT2D eigenvalue weighted by Crippen LogP contribution is 2.69. The maximum Gasteiger partial charge on any atom is 0.416 e. The van der Waals surface area contributed by atoms with Crippen LogP contribution >= 0.6 is 11.8 Å². The van der Waals surface area contributed by atoms with Crippen LogP contribution in [0.5, 0.6) is 0 Å². The molecule has 1 N–H and O–H groups in total. The summed E-state index contributed by atoms with van der Waals surface area (Å²) in [5.74, 6) is 0.00868. The molecule has 6 unspecified atom stereocenters. The van der Waals surface area contributed by atoms with Gasteiger partial charge >= 0.3 is 6.18 Å². The monoisotopic (exact) mass is 590 g/mol. The average molecular weight is 591 g/mol. The summed E-state index contributed by atoms with van der Waals surface area (Å²) in [6.45, 7) is 6.22. The number of alkyl halides is 3. The van der Waals surface area contributed by atoms with Crippen molar-refractivity contribution >= 4 is 23.3 Å². The van der Waals surface area contributed by atoms with Crippen LogP contribution in [0, 0.1) is 28.6 Å². The van der Waals surface area contributed by atoms with Crippen LogP contribution in [0.1, 0.15) is 64.9 Å². The number of benzene rings is 1. The van der Waals surface area contributed by atoms with Crippen molar-refractivity contribution in [1.82, 2.24) is 0 Å². The van der Waals surface area contributed by atoms with E-state index in [1.807, 2.05) is 13.0 Å². The number of Topliss-reactive ketones (excluding diaryl/α,β-unsaturated/α-hetero) is 1. The van der Waals surface area contributed by atoms with Crippen molar-refractivity contribution < 1.29 is 37.3 Å². The second kappa shape index (κ2) is 10.1. The fraction of sp³-hybridized carbons (Fsp3) is 0.625. The van der Waals surface area contributed by atoms with Gasteiger partial charge in [0, 0.05) is 21.6 Å². The first-order valence-electron chi connectivity index (χ1n) is 14.6. The Balaban J connectivity index is 1.30. The van der Waals surface area contributed by atoms with Gasteiger partial charge in [0.15, 0.2) is 23.5 Å². The molecular formula is C32H37F3O5S. The van der Waals surface area contributed by atoms with Gasteiger partial charge in [0.25, 0.3) is 0 Å². The lowest BCUT2D eigenvalue weighted by atomic mass is 9.46. The Hall–Kier alpha value is -1.94. The van der Waals surface area contributed by atoms with Gasteiger partial charge in [-0.15, -0.1) is 11.8 Å². The highest BCUT2D eigenvalue weighted by atomic mass is 32.2. The van der Waals surface area contributed by atoms with E-state index in [-0.39, 0.29) is 35.1 Å². The van der Waals surface area contributed by atoms with Crippen molar-refractivity contribution in [3.8, 4) is 0 Å². The highest BCUT2D eigenvalue weighted by molar-refractivity contribution is 8.00. The second-order valence-corrected chi connectivity index (χ2v) is 13.9. The Morgan fingerprint density at radius 2 is 1.93 bits per heavy atom. The maximum absolute atomic E-state index is 14.3. The molecule has 5 aliphatic rings. The molecule has 9 heteroatoms. The summed E-state index contributed by atoms with van der Waals surface area (Å²) in [7, 11) is 0. The number of allylic oxidation sites excluding steroid dienone is 4. The largest absolute Gasteiger partial charge is 0.416 e. The smallest absolute Gasteiger partial charge is 0.393 e. The molecule has 4 fully saturated rings. The number of thioether (sulfide) groups is 1. The van der Waals surface area contributed by atoms with E-state index in [9.17, 15) is 27.9 Å². The fourth-order valence-corrected chi connectivity index (χ4v) is 9.84. The van der Waals surface area contributed by atoms with Gasteiger partial charge in [0.2, 0.25) is 0 Å². The lowest BCUT2D eigenvalue weighted by Crippen LogP contribution is -2.63. The predicted octanol–water partition coefficient (Wildman–Crippen LogP) is 6.54. The highest BCUT2D eigenvalue weighted by Gasteiger charge is 2.75. The summed E-state index contributed by atoms with van der Waals surface area (Å²) in [6, 6.07) is 4.85. The number of carbonyl (C=O) groups is 2. The first kappa shape index (κ1) is 29.1. The molecule has 1 saturated heterocycles. The minimum atomic E-state index is -4.42. The molecule has 1 aromatic carbocycles. The number of ketones is 2. The minimum Gasteiger partial charge on any atom is -0.393 e. The van der Waals surface area contributed by atoms with Crippen LogP contribution in [0.15, 0.2) is 53.0 Å². The molecule has 1 heterocycles. The first-order valence-corrected chi connectivity index (χ1v) is 15.6. The lowest BCUT2D eigenvalue weighted by molar-refractivity contribution is -0.197. The van der Waals surface area contributed by atoms with Gasteiger partial charge in [0.1, 0.15) is 0 Å². The molecule has 0 spiro atoms. The molecule has 0 radical (unpaired) electrons. The summed E-state index contributed by atoms with van der Waals surface area (Å²) in [5.41, 5.74) is -1.99. The van der Waals surface area contributed by atoms with Gasteiger partial charge in [-0.1, -0.05) is 38.8 Å². The Labute approximate surface area is 242 Å². The normalized spacial score (nSPS) is 41.3. The van der Waals surface area contributed by atoms with E-state index in [1.165, 1.54) is 23.9 Å². The maximum atomic E-state index is 14.3. The second-order valence-electron chi connectivity index (χ2n) is 12.9. The molecule has 222 valence electrons. The van der Waals surface area contributed by atoms with Gasteiger partial charge in [-0.25, -0.2) is 0 Å². The Morgan fingerprint density at radius 1 is 1.20 bits per heavy atom. The molecule has 1 aliphatic heterocycles. The third kappa shape index (κ3) is 4.40. The number of halogens is 3. The SMILES string of the molecule is CCCC1O[C@@H]2CC3C4CCC5=CC(=O)C=CC5(C)C4[C@@H](O)CC3(C)[C@]2(C(=O)CSc2ccc(C(F)(F)F)cc2)O1. The Bertz CT molecular complexity index is 1290. The lowest BCUT2D eigenvalue weighted by Gasteiger charge is -2.59. The van der Waals surface area contributed by atoms with Gasteiger partial charge in [0.05, 0.1) is 23.5 Å². The van der Waals surface area contributed by atoms with Crippen molar-refractivity contribution in [2.75, 3.05) is 5.75 Å². The standard InChI is InChI=1S/C32H37F3O5S/c1-4-5-27-39-26-15-23-22-11-8-19-14-20(36)12-13-29(19,2)28(22)24(37)16-30(23,3)31(26,40-27)25(38)17-41-21-9-6-18(7-10-21)32(33,34)35/h6-7,9-10,12-14,22-24,26-28,37H,4-5,8,11,15-17H2,1-3H3/t22?,23?,24-,26+,27?,28?,29?,30?,31+/m0/s1. The van der Waals surface area contributed by atoms with E-state index in [1.54, 1.807) is 12.2 Å². The zero-order valence-electron chi connectivity index (χ0n) is 23.6. The molecule has 3 saturated carbocycles. The average Bonchev–Trinajstić information content (AvgIpc) is 3.39. The van der Waals surface area contributed by atoms with E-state index < -0.39 is 46.7 Å². The molecule has 0 bridgehead atoms. The first-order chi connectivity index (χ1) is 19.3. The minimum absolute atomic E-state index is 0.0136. The Morgan fingerprint density at radius 3 is 2.61 bits per heavy atom. The van der Waals surface area contributed by atoms with Gasteiger partial charge in [-0.05, 0) is 80.4 Å². The molecule has 41 heavy (non-hydrogen) atoms. The molecule has 1 aromatic rings. The number of ether oxygens (including phenoxy) is 2. The van der Waals surface area contributed by atoms with Gasteiger partial charge in [-0.2, -0.15) is 13.2 Å². The van der Waals surface area contributed by atoms with E-state index >= 15 is 0 Å². The number of aliphatic hydroxyl groups is 1. The van der Waals surface area contributed by atoms with Crippen LogP contribution in [0.25, 0.3) is 0 Å². The molecule has 0 amide bonds. The topological polar surface area (TPSA) is 72.8 Å². The number of rotatable bonds is 6. The third-order valence-corrected chi connectivity index (χ3v) is 11.8. The van der Waals surface area contributed by atoms with Crippen LogP contribution in [-0.2, 0) is 25.2 Å². The number of hydrogen-bond donors (Lipinski definition) is 1. The van der Waals surface area contributed by atoms with Gasteiger partial charge < -0.3 is 14.6 Å². The fourth-order valence-electron chi connectivity index (χ4n) is 9.00. The predicted molar refractivity (Wildman–Crippen MR) is 148 cm³/mol. The summed E-state index contributed by atoms with van der Waals surface area (Å²) in [5, 5.41) is 11.8. The Kier molecular flexibility index (Phi) is 7.16. The summed E-state index contributed by atoms with van der Waals surface area (Å²) < 4.78 is 52.2. The quantitative estimate of drug-likeness (QED) is 0.380. The number of aliphatic hydroxyl groups excluding tert-OH is 1. The zero-order chi connectivity index (χ0) is 29.4. The van der Waals surface area contributed by atoms with Crippen molar-refractivity contribution in [3.05, 3.63) is 53.6 Å². The van der Waals surface area contributed by atoms with E-state index in [0.717, 1.165) is 37.0 Å². The van der Waals surface area contributed by atoms with Crippen LogP contribution in [0.4, 0.5) is 13.2 Å². The van der Waals surface area contributed by atoms with Crippen LogP contribution in [0.2, 0.25) is 0 Å². The molecule has 4 aliphatic carbocycles. The molecule has 5 nitrogen and oxygen atoms in total. The van der Waals surface area contributed by atoms with Crippen molar-refractivity contribution in [3.63, 3.8) is 0 Å².